The molecule has 1 aliphatic rings. The molecule has 0 radical (unpaired) electrons. The van der Waals surface area contributed by atoms with E-state index in [1.165, 1.54) is 6.33 Å². The second-order valence-corrected chi connectivity index (χ2v) is 8.23. The molecule has 0 atom stereocenters. The summed E-state index contributed by atoms with van der Waals surface area (Å²) < 4.78 is 7.25. The molecular formula is C21H25N7O2. The predicted molar refractivity (Wildman–Crippen MR) is 111 cm³/mol. The van der Waals surface area contributed by atoms with Crippen LogP contribution in [0.15, 0.2) is 43.1 Å². The Kier molecular flexibility index (Phi) is 5.35. The van der Waals surface area contributed by atoms with Gasteiger partial charge in [0.2, 0.25) is 5.95 Å². The second kappa shape index (κ2) is 8.10. The van der Waals surface area contributed by atoms with E-state index in [9.17, 15) is 4.79 Å². The molecule has 9 nitrogen and oxygen atoms in total. The lowest BCUT2D eigenvalue weighted by Gasteiger charge is -2.30. The highest BCUT2D eigenvalue weighted by Gasteiger charge is 2.26. The zero-order chi connectivity index (χ0) is 21.1. The number of nitrogens with zero attached hydrogens (tertiary/aromatic N) is 6. The molecule has 2 aromatic heterocycles. The van der Waals surface area contributed by atoms with Gasteiger partial charge >= 0.3 is 6.09 Å². The molecule has 30 heavy (non-hydrogen) atoms. The molecule has 0 saturated heterocycles. The summed E-state index contributed by atoms with van der Waals surface area (Å²) in [5, 5.41) is 7.34. The van der Waals surface area contributed by atoms with Gasteiger partial charge in [0.1, 0.15) is 18.3 Å². The first-order chi connectivity index (χ1) is 14.4. The van der Waals surface area contributed by atoms with Gasteiger partial charge in [-0.15, -0.1) is 0 Å². The molecule has 9 heteroatoms. The lowest BCUT2D eigenvalue weighted by atomic mass is 10.1. The Labute approximate surface area is 175 Å². The summed E-state index contributed by atoms with van der Waals surface area (Å²) in [6.07, 6.45) is 5.44. The van der Waals surface area contributed by atoms with Crippen LogP contribution in [0.4, 0.5) is 16.4 Å². The van der Waals surface area contributed by atoms with Crippen LogP contribution in [0.1, 0.15) is 37.6 Å². The number of hydrogen-bond acceptors (Lipinski definition) is 7. The Morgan fingerprint density at radius 1 is 1.23 bits per heavy atom. The number of anilines is 2. The van der Waals surface area contributed by atoms with Crippen LogP contribution in [0.2, 0.25) is 0 Å². The average Bonchev–Trinajstić information content (AvgIpc) is 3.21. The quantitative estimate of drug-likeness (QED) is 0.709. The number of aromatic nitrogens is 5. The van der Waals surface area contributed by atoms with Crippen LogP contribution in [0.3, 0.4) is 0 Å². The molecule has 1 amide bonds. The van der Waals surface area contributed by atoms with E-state index in [1.807, 2.05) is 51.2 Å². The predicted octanol–water partition coefficient (Wildman–Crippen LogP) is 3.15. The Morgan fingerprint density at radius 2 is 2.03 bits per heavy atom. The monoisotopic (exact) mass is 407 g/mol. The molecule has 0 aliphatic carbocycles. The summed E-state index contributed by atoms with van der Waals surface area (Å²) in [6, 6.07) is 7.99. The molecule has 3 aromatic rings. The van der Waals surface area contributed by atoms with Crippen LogP contribution < -0.4 is 5.32 Å². The van der Waals surface area contributed by atoms with Crippen molar-refractivity contribution in [1.29, 1.82) is 0 Å². The molecule has 0 unspecified atom stereocenters. The number of nitrogens with one attached hydrogen (secondary N) is 1. The molecule has 4 rings (SSSR count). The van der Waals surface area contributed by atoms with Crippen LogP contribution >= 0.6 is 0 Å². The van der Waals surface area contributed by atoms with Crippen LogP contribution in [0.25, 0.3) is 0 Å². The van der Waals surface area contributed by atoms with Gasteiger partial charge in [-0.25, -0.2) is 24.4 Å². The maximum Gasteiger partial charge on any atom is 0.410 e. The van der Waals surface area contributed by atoms with Gasteiger partial charge in [-0.05, 0) is 50.5 Å². The topological polar surface area (TPSA) is 98.1 Å². The number of carbonyl (C=O) groups is 1. The first-order valence-electron chi connectivity index (χ1n) is 9.87. The smallest absolute Gasteiger partial charge is 0.410 e. The van der Waals surface area contributed by atoms with Gasteiger partial charge < -0.3 is 15.0 Å². The van der Waals surface area contributed by atoms with Crippen LogP contribution in [-0.2, 0) is 24.2 Å². The Bertz CT molecular complexity index is 1010. The van der Waals surface area contributed by atoms with E-state index in [2.05, 4.69) is 25.4 Å². The minimum Gasteiger partial charge on any atom is -0.444 e. The molecule has 3 heterocycles. The highest BCUT2D eigenvalue weighted by Crippen LogP contribution is 2.22. The first kappa shape index (κ1) is 19.8. The fourth-order valence-corrected chi connectivity index (χ4v) is 3.17. The molecule has 0 spiro atoms. The third-order valence-electron chi connectivity index (χ3n) is 4.62. The molecule has 1 aliphatic heterocycles. The molecule has 0 bridgehead atoms. The minimum absolute atomic E-state index is 0.316. The van der Waals surface area contributed by atoms with Gasteiger partial charge in [0.05, 0.1) is 18.8 Å². The van der Waals surface area contributed by atoms with Gasteiger partial charge in [0.25, 0.3) is 0 Å². The highest BCUT2D eigenvalue weighted by atomic mass is 16.6. The van der Waals surface area contributed by atoms with Gasteiger partial charge in [-0.2, -0.15) is 5.10 Å². The van der Waals surface area contributed by atoms with Crippen molar-refractivity contribution in [1.82, 2.24) is 29.6 Å². The van der Waals surface area contributed by atoms with Crippen molar-refractivity contribution in [3.05, 3.63) is 59.9 Å². The Morgan fingerprint density at radius 3 is 2.73 bits per heavy atom. The minimum atomic E-state index is -0.518. The van der Waals surface area contributed by atoms with Crippen molar-refractivity contribution in [3.8, 4) is 0 Å². The van der Waals surface area contributed by atoms with E-state index >= 15 is 0 Å². The summed E-state index contributed by atoms with van der Waals surface area (Å²) in [5.74, 6) is 0.504. The fourth-order valence-electron chi connectivity index (χ4n) is 3.17. The normalized spacial score (nSPS) is 13.6. The SMILES string of the molecule is CC(C)(C)OC(=O)N1CCc2cnc(Nc3ccc(Cn4cncn4)cc3)nc2C1. The summed E-state index contributed by atoms with van der Waals surface area (Å²) >= 11 is 0. The fraction of sp³-hybridized carbons (Fsp3) is 0.381. The number of hydrogen-bond donors (Lipinski definition) is 1. The van der Waals surface area contributed by atoms with E-state index in [0.717, 1.165) is 22.5 Å². The number of ether oxygens (including phenoxy) is 1. The summed E-state index contributed by atoms with van der Waals surface area (Å²) in [7, 11) is 0. The number of amides is 1. The number of benzene rings is 1. The maximum absolute atomic E-state index is 12.4. The van der Waals surface area contributed by atoms with Gasteiger partial charge in [0.15, 0.2) is 0 Å². The highest BCUT2D eigenvalue weighted by molar-refractivity contribution is 5.68. The van der Waals surface area contributed by atoms with E-state index < -0.39 is 5.60 Å². The zero-order valence-corrected chi connectivity index (χ0v) is 17.4. The van der Waals surface area contributed by atoms with Crippen molar-refractivity contribution in [3.63, 3.8) is 0 Å². The van der Waals surface area contributed by atoms with Crippen molar-refractivity contribution in [2.75, 3.05) is 11.9 Å². The van der Waals surface area contributed by atoms with Crippen molar-refractivity contribution < 1.29 is 9.53 Å². The summed E-state index contributed by atoms with van der Waals surface area (Å²) in [5.41, 5.74) is 3.38. The molecule has 1 aromatic carbocycles. The van der Waals surface area contributed by atoms with Crippen LogP contribution in [-0.4, -0.2) is 47.9 Å². The molecule has 1 N–H and O–H groups in total. The van der Waals surface area contributed by atoms with E-state index in [1.54, 1.807) is 15.9 Å². The second-order valence-electron chi connectivity index (χ2n) is 8.23. The third kappa shape index (κ3) is 4.91. The number of carbonyl (C=O) groups excluding carboxylic acids is 1. The lowest BCUT2D eigenvalue weighted by molar-refractivity contribution is 0.0220. The van der Waals surface area contributed by atoms with Gasteiger partial charge in [-0.1, -0.05) is 12.1 Å². The lowest BCUT2D eigenvalue weighted by Crippen LogP contribution is -2.40. The number of fused-ring (bicyclic) bond motifs is 1. The molecular weight excluding hydrogens is 382 g/mol. The first-order valence-corrected chi connectivity index (χ1v) is 9.87. The average molecular weight is 407 g/mol. The van der Waals surface area contributed by atoms with Crippen LogP contribution in [0.5, 0.6) is 0 Å². The Balaban J connectivity index is 1.42. The molecule has 156 valence electrons. The zero-order valence-electron chi connectivity index (χ0n) is 17.4. The summed E-state index contributed by atoms with van der Waals surface area (Å²) in [6.45, 7) is 7.28. The Hall–Kier alpha value is -3.49. The maximum atomic E-state index is 12.4. The van der Waals surface area contributed by atoms with E-state index in [4.69, 9.17) is 4.74 Å². The summed E-state index contributed by atoms with van der Waals surface area (Å²) in [4.78, 5) is 27.1. The largest absolute Gasteiger partial charge is 0.444 e. The number of rotatable bonds is 4. The van der Waals surface area contributed by atoms with E-state index in [-0.39, 0.29) is 6.09 Å². The van der Waals surface area contributed by atoms with Crippen molar-refractivity contribution in [2.45, 2.75) is 45.9 Å². The van der Waals surface area contributed by atoms with Gasteiger partial charge in [-0.3, -0.25) is 0 Å². The standard InChI is InChI=1S/C21H25N7O2/c1-21(2,3)30-20(29)27-9-8-16-10-23-19(26-18(16)12-27)25-17-6-4-15(5-7-17)11-28-14-22-13-24-28/h4-7,10,13-14H,8-9,11-12H2,1-3H3,(H,23,25,26). The van der Waals surface area contributed by atoms with Crippen molar-refractivity contribution >= 4 is 17.7 Å². The molecule has 0 saturated carbocycles. The van der Waals surface area contributed by atoms with Crippen molar-refractivity contribution in [2.24, 2.45) is 0 Å². The molecule has 0 fully saturated rings. The van der Waals surface area contributed by atoms with E-state index in [0.29, 0.717) is 32.0 Å². The van der Waals surface area contributed by atoms with Crippen LogP contribution in [0, 0.1) is 0 Å². The third-order valence-corrected chi connectivity index (χ3v) is 4.62. The van der Waals surface area contributed by atoms with Gasteiger partial charge in [0, 0.05) is 18.4 Å².